The lowest BCUT2D eigenvalue weighted by molar-refractivity contribution is 0.599. The average molecular weight is 192 g/mol. The van der Waals surface area contributed by atoms with Crippen molar-refractivity contribution in [1.29, 1.82) is 0 Å². The number of nitrogen functional groups attached to an aromatic ring is 1. The van der Waals surface area contributed by atoms with Crippen LogP contribution in [-0.4, -0.2) is 24.8 Å². The third-order valence-electron chi connectivity index (χ3n) is 1.98. The van der Waals surface area contributed by atoms with Crippen LogP contribution in [0.2, 0.25) is 0 Å². The van der Waals surface area contributed by atoms with Crippen molar-refractivity contribution >= 4 is 5.82 Å². The Labute approximate surface area is 81.3 Å². The molecule has 2 N–H and O–H groups in total. The third-order valence-corrected chi connectivity index (χ3v) is 1.98. The van der Waals surface area contributed by atoms with E-state index in [0.717, 1.165) is 11.4 Å². The number of nitrogens with two attached hydrogens (primary N) is 1. The van der Waals surface area contributed by atoms with Crippen molar-refractivity contribution in [1.82, 2.24) is 24.8 Å². The lowest BCUT2D eigenvalue weighted by atomic mass is 10.4. The van der Waals surface area contributed by atoms with E-state index in [1.54, 1.807) is 10.9 Å². The second kappa shape index (κ2) is 3.13. The van der Waals surface area contributed by atoms with Gasteiger partial charge in [-0.05, 0) is 13.0 Å². The van der Waals surface area contributed by atoms with Crippen LogP contribution in [0.4, 0.5) is 5.82 Å². The first-order chi connectivity index (χ1) is 6.65. The number of nitrogens with zero attached hydrogens (tertiary/aromatic N) is 5. The van der Waals surface area contributed by atoms with E-state index in [-0.39, 0.29) is 0 Å². The molecule has 0 fully saturated rings. The van der Waals surface area contributed by atoms with Gasteiger partial charge in [-0.1, -0.05) is 5.21 Å². The predicted molar refractivity (Wildman–Crippen MR) is 51.5 cm³/mol. The number of aromatic nitrogens is 5. The lowest BCUT2D eigenvalue weighted by Gasteiger charge is -1.99. The Balaban J connectivity index is 2.22. The van der Waals surface area contributed by atoms with Crippen molar-refractivity contribution in [3.63, 3.8) is 0 Å². The monoisotopic (exact) mass is 192 g/mol. The van der Waals surface area contributed by atoms with Gasteiger partial charge in [-0.25, -0.2) is 4.68 Å². The van der Waals surface area contributed by atoms with Gasteiger partial charge < -0.3 is 5.73 Å². The standard InChI is InChI=1S/C8H12N6/c1-6-3-7(13(2)11-6)4-14-5-8(9)10-12-14/h3,5H,4,9H2,1-2H3. The summed E-state index contributed by atoms with van der Waals surface area (Å²) in [6.45, 7) is 2.60. The summed E-state index contributed by atoms with van der Waals surface area (Å²) in [5.41, 5.74) is 7.53. The Morgan fingerprint density at radius 1 is 1.50 bits per heavy atom. The van der Waals surface area contributed by atoms with Gasteiger partial charge in [0.15, 0.2) is 5.82 Å². The van der Waals surface area contributed by atoms with Gasteiger partial charge >= 0.3 is 0 Å². The number of aryl methyl sites for hydroxylation is 2. The van der Waals surface area contributed by atoms with E-state index in [2.05, 4.69) is 15.4 Å². The highest BCUT2D eigenvalue weighted by molar-refractivity contribution is 5.20. The zero-order chi connectivity index (χ0) is 10.1. The van der Waals surface area contributed by atoms with Gasteiger partial charge in [0.25, 0.3) is 0 Å². The Morgan fingerprint density at radius 2 is 2.29 bits per heavy atom. The van der Waals surface area contributed by atoms with Gasteiger partial charge in [0.2, 0.25) is 0 Å². The zero-order valence-corrected chi connectivity index (χ0v) is 8.18. The number of rotatable bonds is 2. The van der Waals surface area contributed by atoms with Crippen molar-refractivity contribution in [3.05, 3.63) is 23.7 Å². The van der Waals surface area contributed by atoms with Gasteiger partial charge in [0.1, 0.15) is 0 Å². The molecule has 0 unspecified atom stereocenters. The Hall–Kier alpha value is -1.85. The second-order valence-electron chi connectivity index (χ2n) is 3.24. The summed E-state index contributed by atoms with van der Waals surface area (Å²) in [6.07, 6.45) is 1.70. The first kappa shape index (κ1) is 8.74. The Kier molecular flexibility index (Phi) is 1.95. The van der Waals surface area contributed by atoms with E-state index in [1.165, 1.54) is 0 Å². The molecule has 2 aromatic rings. The summed E-state index contributed by atoms with van der Waals surface area (Å²) in [7, 11) is 1.91. The Bertz CT molecular complexity index is 440. The van der Waals surface area contributed by atoms with E-state index in [9.17, 15) is 0 Å². The SMILES string of the molecule is Cc1cc(Cn2cc(N)nn2)n(C)n1. The van der Waals surface area contributed by atoms with Crippen LogP contribution >= 0.6 is 0 Å². The van der Waals surface area contributed by atoms with Crippen molar-refractivity contribution in [2.75, 3.05) is 5.73 Å². The van der Waals surface area contributed by atoms with E-state index >= 15 is 0 Å². The molecule has 6 heteroatoms. The van der Waals surface area contributed by atoms with Crippen LogP contribution in [0.5, 0.6) is 0 Å². The summed E-state index contributed by atoms with van der Waals surface area (Å²) in [5, 5.41) is 11.8. The van der Waals surface area contributed by atoms with Crippen LogP contribution in [0.15, 0.2) is 12.3 Å². The molecular weight excluding hydrogens is 180 g/mol. The van der Waals surface area contributed by atoms with E-state index < -0.39 is 0 Å². The third kappa shape index (κ3) is 1.59. The molecule has 2 rings (SSSR count). The highest BCUT2D eigenvalue weighted by atomic mass is 15.4. The predicted octanol–water partition coefficient (Wildman–Crippen LogP) is -0.0495. The summed E-state index contributed by atoms with van der Waals surface area (Å²) < 4.78 is 3.51. The molecule has 0 aliphatic heterocycles. The summed E-state index contributed by atoms with van der Waals surface area (Å²) in [5.74, 6) is 0.434. The summed E-state index contributed by atoms with van der Waals surface area (Å²) >= 11 is 0. The van der Waals surface area contributed by atoms with Crippen molar-refractivity contribution in [2.45, 2.75) is 13.5 Å². The molecule has 0 amide bonds. The normalized spacial score (nSPS) is 10.7. The minimum Gasteiger partial charge on any atom is -0.381 e. The molecule has 14 heavy (non-hydrogen) atoms. The molecule has 0 saturated heterocycles. The fourth-order valence-electron chi connectivity index (χ4n) is 1.37. The first-order valence-electron chi connectivity index (χ1n) is 4.30. The van der Waals surface area contributed by atoms with Gasteiger partial charge in [-0.2, -0.15) is 5.10 Å². The molecule has 0 atom stereocenters. The minimum absolute atomic E-state index is 0.434. The summed E-state index contributed by atoms with van der Waals surface area (Å²) in [4.78, 5) is 0. The molecule has 2 aromatic heterocycles. The van der Waals surface area contributed by atoms with E-state index in [4.69, 9.17) is 5.73 Å². The van der Waals surface area contributed by atoms with Gasteiger partial charge in [0, 0.05) is 7.05 Å². The number of anilines is 1. The molecule has 2 heterocycles. The molecule has 0 aliphatic carbocycles. The molecule has 0 saturated carbocycles. The maximum atomic E-state index is 5.46. The largest absolute Gasteiger partial charge is 0.381 e. The van der Waals surface area contributed by atoms with Crippen molar-refractivity contribution < 1.29 is 0 Å². The highest BCUT2D eigenvalue weighted by Gasteiger charge is 2.03. The van der Waals surface area contributed by atoms with Crippen LogP contribution in [0.3, 0.4) is 0 Å². The summed E-state index contributed by atoms with van der Waals surface area (Å²) in [6, 6.07) is 2.01. The number of hydrogen-bond acceptors (Lipinski definition) is 4. The van der Waals surface area contributed by atoms with Crippen LogP contribution < -0.4 is 5.73 Å². The van der Waals surface area contributed by atoms with Gasteiger partial charge in [-0.15, -0.1) is 5.10 Å². The van der Waals surface area contributed by atoms with Gasteiger partial charge in [-0.3, -0.25) is 4.68 Å². The first-order valence-corrected chi connectivity index (χ1v) is 4.30. The second-order valence-corrected chi connectivity index (χ2v) is 3.24. The molecule has 0 radical (unpaired) electrons. The molecule has 0 spiro atoms. The van der Waals surface area contributed by atoms with Crippen molar-refractivity contribution in [2.24, 2.45) is 7.05 Å². The van der Waals surface area contributed by atoms with Crippen LogP contribution in [-0.2, 0) is 13.6 Å². The van der Waals surface area contributed by atoms with Crippen LogP contribution in [0.25, 0.3) is 0 Å². The molecule has 74 valence electrons. The average Bonchev–Trinajstić information content (AvgIpc) is 2.61. The molecule has 0 aromatic carbocycles. The molecule has 0 bridgehead atoms. The highest BCUT2D eigenvalue weighted by Crippen LogP contribution is 2.04. The van der Waals surface area contributed by atoms with Gasteiger partial charge in [0.05, 0.1) is 24.1 Å². The van der Waals surface area contributed by atoms with E-state index in [1.807, 2.05) is 24.7 Å². The quantitative estimate of drug-likeness (QED) is 0.724. The molecular formula is C8H12N6. The maximum Gasteiger partial charge on any atom is 0.165 e. The maximum absolute atomic E-state index is 5.46. The Morgan fingerprint density at radius 3 is 2.79 bits per heavy atom. The molecule has 0 aliphatic rings. The molecule has 6 nitrogen and oxygen atoms in total. The van der Waals surface area contributed by atoms with E-state index in [0.29, 0.717) is 12.4 Å². The lowest BCUT2D eigenvalue weighted by Crippen LogP contribution is -2.06. The topological polar surface area (TPSA) is 74.6 Å². The van der Waals surface area contributed by atoms with Crippen LogP contribution in [0, 0.1) is 6.92 Å². The smallest absolute Gasteiger partial charge is 0.165 e. The fraction of sp³-hybridized carbons (Fsp3) is 0.375. The fourth-order valence-corrected chi connectivity index (χ4v) is 1.37. The van der Waals surface area contributed by atoms with Crippen LogP contribution in [0.1, 0.15) is 11.4 Å². The van der Waals surface area contributed by atoms with Crippen molar-refractivity contribution in [3.8, 4) is 0 Å². The minimum atomic E-state index is 0.434. The number of hydrogen-bond donors (Lipinski definition) is 1. The zero-order valence-electron chi connectivity index (χ0n) is 8.18.